The highest BCUT2D eigenvalue weighted by atomic mass is 19.1. The van der Waals surface area contributed by atoms with Crippen molar-refractivity contribution < 1.29 is 9.18 Å². The summed E-state index contributed by atoms with van der Waals surface area (Å²) in [6, 6.07) is 8.39. The highest BCUT2D eigenvalue weighted by Crippen LogP contribution is 2.21. The summed E-state index contributed by atoms with van der Waals surface area (Å²) < 4.78 is 15.7. The van der Waals surface area contributed by atoms with Crippen LogP contribution in [-0.4, -0.2) is 58.6 Å². The fraction of sp³-hybridized carbons (Fsp3) is 0.391. The molecule has 3 heterocycles. The van der Waals surface area contributed by atoms with Crippen molar-refractivity contribution in [2.45, 2.75) is 26.4 Å². The van der Waals surface area contributed by atoms with Gasteiger partial charge in [-0.25, -0.2) is 9.78 Å². The van der Waals surface area contributed by atoms with Crippen LogP contribution in [0.5, 0.6) is 0 Å². The normalized spacial score (nSPS) is 14.8. The number of fused-ring (bicyclic) bond motifs is 1. The van der Waals surface area contributed by atoms with E-state index < -0.39 is 17.5 Å². The second-order valence-corrected chi connectivity index (χ2v) is 8.43. The van der Waals surface area contributed by atoms with Crippen molar-refractivity contribution in [3.63, 3.8) is 0 Å². The Morgan fingerprint density at radius 2 is 1.88 bits per heavy atom. The monoisotopic (exact) mass is 454 g/mol. The number of hydrogen-bond donors (Lipinski definition) is 2. The molecular weight excluding hydrogens is 427 g/mol. The predicted octanol–water partition coefficient (Wildman–Crippen LogP) is 1.49. The lowest BCUT2D eigenvalue weighted by molar-refractivity contribution is 0.0957. The highest BCUT2D eigenvalue weighted by molar-refractivity contribution is 5.92. The maximum absolute atomic E-state index is 14.5. The topological polar surface area (TPSA) is 103 Å². The van der Waals surface area contributed by atoms with Gasteiger partial charge in [0.25, 0.3) is 11.5 Å². The average molecular weight is 455 g/mol. The van der Waals surface area contributed by atoms with E-state index in [2.05, 4.69) is 20.2 Å². The quantitative estimate of drug-likeness (QED) is 0.566. The first-order valence-corrected chi connectivity index (χ1v) is 10.9. The number of piperazine rings is 1. The van der Waals surface area contributed by atoms with E-state index in [1.165, 1.54) is 17.7 Å². The minimum atomic E-state index is -0.657. The molecule has 0 radical (unpaired) electrons. The molecule has 1 aromatic carbocycles. The zero-order valence-electron chi connectivity index (χ0n) is 18.9. The van der Waals surface area contributed by atoms with Crippen molar-refractivity contribution in [3.05, 3.63) is 68.4 Å². The van der Waals surface area contributed by atoms with Crippen molar-refractivity contribution in [3.8, 4) is 0 Å². The predicted molar refractivity (Wildman–Crippen MR) is 124 cm³/mol. The van der Waals surface area contributed by atoms with E-state index in [0.29, 0.717) is 49.3 Å². The number of nitrogens with zero attached hydrogens (tertiary/aromatic N) is 4. The number of amides is 1. The minimum absolute atomic E-state index is 0.0480. The average Bonchev–Trinajstić information content (AvgIpc) is 2.78. The number of aromatic nitrogens is 3. The minimum Gasteiger partial charge on any atom is -0.365 e. The fourth-order valence-corrected chi connectivity index (χ4v) is 4.17. The molecule has 0 bridgehead atoms. The van der Waals surface area contributed by atoms with Crippen LogP contribution in [0.25, 0.3) is 10.9 Å². The summed E-state index contributed by atoms with van der Waals surface area (Å²) >= 11 is 0. The smallest absolute Gasteiger partial charge is 0.329 e. The molecule has 10 heteroatoms. The van der Waals surface area contributed by atoms with E-state index in [4.69, 9.17) is 0 Å². The summed E-state index contributed by atoms with van der Waals surface area (Å²) in [5, 5.41) is 2.92. The van der Waals surface area contributed by atoms with Crippen molar-refractivity contribution >= 4 is 22.5 Å². The Morgan fingerprint density at radius 1 is 1.15 bits per heavy atom. The lowest BCUT2D eigenvalue weighted by Gasteiger charge is -2.36. The molecule has 0 saturated carbocycles. The molecule has 174 valence electrons. The van der Waals surface area contributed by atoms with E-state index in [1.807, 2.05) is 17.0 Å². The van der Waals surface area contributed by atoms with Gasteiger partial charge in [0.2, 0.25) is 5.95 Å². The molecule has 0 unspecified atom stereocenters. The number of benzene rings is 1. The summed E-state index contributed by atoms with van der Waals surface area (Å²) in [6.07, 6.45) is 0. The van der Waals surface area contributed by atoms with E-state index in [0.717, 1.165) is 5.56 Å². The van der Waals surface area contributed by atoms with Crippen LogP contribution in [-0.2, 0) is 6.54 Å². The largest absolute Gasteiger partial charge is 0.365 e. The molecule has 33 heavy (non-hydrogen) atoms. The number of rotatable bonds is 5. The molecule has 1 aliphatic heterocycles. The van der Waals surface area contributed by atoms with Gasteiger partial charge in [0.05, 0.1) is 16.6 Å². The Balaban J connectivity index is 1.45. The highest BCUT2D eigenvalue weighted by Gasteiger charge is 2.21. The maximum Gasteiger partial charge on any atom is 0.329 e. The molecular formula is C23H27FN6O3. The third-order valence-corrected chi connectivity index (χ3v) is 5.92. The maximum atomic E-state index is 14.5. The van der Waals surface area contributed by atoms with Crippen molar-refractivity contribution in [2.75, 3.05) is 38.1 Å². The first-order chi connectivity index (χ1) is 15.8. The Kier molecular flexibility index (Phi) is 6.28. The van der Waals surface area contributed by atoms with Gasteiger partial charge in [-0.05, 0) is 43.7 Å². The Hall–Kier alpha value is -3.53. The first kappa shape index (κ1) is 22.7. The van der Waals surface area contributed by atoms with Gasteiger partial charge in [0, 0.05) is 45.8 Å². The van der Waals surface area contributed by atoms with Gasteiger partial charge in [0.1, 0.15) is 5.69 Å². The van der Waals surface area contributed by atoms with E-state index >= 15 is 0 Å². The van der Waals surface area contributed by atoms with Gasteiger partial charge >= 0.3 is 5.69 Å². The molecule has 0 spiro atoms. The molecule has 0 aliphatic carbocycles. The fourth-order valence-electron chi connectivity index (χ4n) is 4.17. The summed E-state index contributed by atoms with van der Waals surface area (Å²) in [4.78, 5) is 47.3. The molecule has 0 atom stereocenters. The van der Waals surface area contributed by atoms with Crippen LogP contribution in [0.3, 0.4) is 0 Å². The molecule has 1 saturated heterocycles. The Labute approximate surface area is 189 Å². The van der Waals surface area contributed by atoms with Crippen molar-refractivity contribution in [2.24, 2.45) is 0 Å². The zero-order chi connectivity index (χ0) is 23.7. The van der Waals surface area contributed by atoms with Crippen LogP contribution in [0, 0.1) is 5.95 Å². The number of pyridine rings is 1. The number of nitrogens with one attached hydrogen (secondary N) is 2. The number of hydrogen-bond acceptors (Lipinski definition) is 6. The lowest BCUT2D eigenvalue weighted by atomic mass is 10.1. The number of carbonyl (C=O) groups is 1. The number of anilines is 1. The molecule has 3 aromatic rings. The Bertz CT molecular complexity index is 1310. The number of halogens is 1. The molecule has 9 nitrogen and oxygen atoms in total. The van der Waals surface area contributed by atoms with Gasteiger partial charge in [0.15, 0.2) is 0 Å². The van der Waals surface area contributed by atoms with E-state index in [9.17, 15) is 18.8 Å². The van der Waals surface area contributed by atoms with Gasteiger partial charge in [-0.3, -0.25) is 19.1 Å². The van der Waals surface area contributed by atoms with Crippen LogP contribution < -0.4 is 21.5 Å². The molecule has 2 aromatic heterocycles. The molecule has 1 fully saturated rings. The standard InChI is InChI=1S/C23H27FN6O3/c1-14(2)30-22(32)16-5-4-15(12-18(16)27-23(30)33)13-28-8-10-29(11-9-28)19-7-6-17(21(31)25-3)26-20(19)24/h4-7,12,14H,8-11,13H2,1-3H3,(H,25,31)(H,27,33). The SMILES string of the molecule is CNC(=O)c1ccc(N2CCN(Cc3ccc4c(=O)n(C(C)C)c(=O)[nH]c4c3)CC2)c(F)n1. The summed E-state index contributed by atoms with van der Waals surface area (Å²) in [5.74, 6) is -1.08. The van der Waals surface area contributed by atoms with Gasteiger partial charge < -0.3 is 15.2 Å². The van der Waals surface area contributed by atoms with Crippen LogP contribution in [0.2, 0.25) is 0 Å². The summed E-state index contributed by atoms with van der Waals surface area (Å²) in [6.45, 7) is 6.89. The van der Waals surface area contributed by atoms with Crippen LogP contribution in [0.1, 0.15) is 35.9 Å². The summed E-state index contributed by atoms with van der Waals surface area (Å²) in [7, 11) is 1.48. The van der Waals surface area contributed by atoms with Crippen LogP contribution >= 0.6 is 0 Å². The van der Waals surface area contributed by atoms with Crippen LogP contribution in [0.15, 0.2) is 39.9 Å². The second kappa shape index (κ2) is 9.14. The van der Waals surface area contributed by atoms with E-state index in [1.54, 1.807) is 26.0 Å². The number of H-pyrrole nitrogens is 1. The number of aromatic amines is 1. The molecule has 4 rings (SSSR count). The van der Waals surface area contributed by atoms with Crippen molar-refractivity contribution in [1.82, 2.24) is 24.8 Å². The Morgan fingerprint density at radius 3 is 2.52 bits per heavy atom. The van der Waals surface area contributed by atoms with Crippen LogP contribution in [0.4, 0.5) is 10.1 Å². The molecule has 1 amide bonds. The molecule has 1 aliphatic rings. The third-order valence-electron chi connectivity index (χ3n) is 5.92. The van der Waals surface area contributed by atoms with E-state index in [-0.39, 0.29) is 17.3 Å². The van der Waals surface area contributed by atoms with Gasteiger partial charge in [-0.2, -0.15) is 4.39 Å². The number of carbonyl (C=O) groups excluding carboxylic acids is 1. The third kappa shape index (κ3) is 4.51. The second-order valence-electron chi connectivity index (χ2n) is 8.43. The zero-order valence-corrected chi connectivity index (χ0v) is 18.9. The van der Waals surface area contributed by atoms with Crippen molar-refractivity contribution in [1.29, 1.82) is 0 Å². The summed E-state index contributed by atoms with van der Waals surface area (Å²) in [5.41, 5.74) is 1.24. The molecule has 2 N–H and O–H groups in total. The van der Waals surface area contributed by atoms with Gasteiger partial charge in [-0.15, -0.1) is 0 Å². The van der Waals surface area contributed by atoms with Gasteiger partial charge in [-0.1, -0.05) is 6.07 Å². The first-order valence-electron chi connectivity index (χ1n) is 10.9. The lowest BCUT2D eigenvalue weighted by Crippen LogP contribution is -2.46.